The Hall–Kier alpha value is -1.70. The summed E-state index contributed by atoms with van der Waals surface area (Å²) in [6, 6.07) is 6.30. The fourth-order valence-electron chi connectivity index (χ4n) is 4.25. The van der Waals surface area contributed by atoms with Crippen molar-refractivity contribution in [3.8, 4) is 11.5 Å². The lowest BCUT2D eigenvalue weighted by molar-refractivity contribution is 0.0761. The molecule has 2 aliphatic rings. The molecule has 1 amide bonds. The number of nitrogens with zero attached hydrogens (tertiary/aromatic N) is 2. The van der Waals surface area contributed by atoms with Gasteiger partial charge in [-0.25, -0.2) is 0 Å². The van der Waals surface area contributed by atoms with Gasteiger partial charge in [0.05, 0.1) is 24.0 Å². The van der Waals surface area contributed by atoms with Crippen LogP contribution >= 0.6 is 23.1 Å². The van der Waals surface area contributed by atoms with Crippen molar-refractivity contribution in [3.05, 3.63) is 39.8 Å². The van der Waals surface area contributed by atoms with Crippen molar-refractivity contribution in [2.24, 2.45) is 0 Å². The van der Waals surface area contributed by atoms with Crippen LogP contribution in [0.1, 0.15) is 39.2 Å². The first-order valence-corrected chi connectivity index (χ1v) is 12.4. The van der Waals surface area contributed by atoms with Crippen molar-refractivity contribution in [3.63, 3.8) is 0 Å². The number of unbranched alkanes of at least 4 members (excludes halogenated alkanes) is 1. The van der Waals surface area contributed by atoms with Gasteiger partial charge in [-0.3, -0.25) is 9.69 Å². The predicted octanol–water partition coefficient (Wildman–Crippen LogP) is 4.46. The van der Waals surface area contributed by atoms with Gasteiger partial charge in [0.1, 0.15) is 0 Å². The molecule has 30 heavy (non-hydrogen) atoms. The van der Waals surface area contributed by atoms with Crippen LogP contribution in [0.4, 0.5) is 0 Å². The van der Waals surface area contributed by atoms with E-state index in [2.05, 4.69) is 30.0 Å². The highest BCUT2D eigenvalue weighted by Gasteiger charge is 2.24. The third-order valence-corrected chi connectivity index (χ3v) is 8.20. The maximum Gasteiger partial charge on any atom is 0.255 e. The summed E-state index contributed by atoms with van der Waals surface area (Å²) in [5.41, 5.74) is 3.61. The highest BCUT2D eigenvalue weighted by Crippen LogP contribution is 2.35. The molecule has 0 saturated carbocycles. The average molecular weight is 447 g/mol. The van der Waals surface area contributed by atoms with Crippen molar-refractivity contribution in [2.75, 3.05) is 46.2 Å². The molecule has 1 aromatic carbocycles. The Balaban J connectivity index is 1.28. The van der Waals surface area contributed by atoms with Gasteiger partial charge in [0.25, 0.3) is 5.91 Å². The molecule has 3 heterocycles. The van der Waals surface area contributed by atoms with E-state index in [1.54, 1.807) is 25.6 Å². The highest BCUT2D eigenvalue weighted by atomic mass is 32.2. The summed E-state index contributed by atoms with van der Waals surface area (Å²) in [6.07, 6.45) is 3.19. The summed E-state index contributed by atoms with van der Waals surface area (Å²) in [5, 5.41) is 0. The molecule has 0 saturated heterocycles. The molecule has 0 radical (unpaired) electrons. The summed E-state index contributed by atoms with van der Waals surface area (Å²) in [6.45, 7) is 6.87. The molecule has 0 aliphatic carbocycles. The monoisotopic (exact) mass is 446 g/mol. The third kappa shape index (κ3) is 4.63. The van der Waals surface area contributed by atoms with E-state index in [1.807, 2.05) is 16.7 Å². The molecular formula is C23H30N2O3S2. The first-order valence-electron chi connectivity index (χ1n) is 10.6. The number of aryl methyl sites for hydroxylation is 1. The van der Waals surface area contributed by atoms with E-state index < -0.39 is 0 Å². The molecular weight excluding hydrogens is 416 g/mol. The lowest BCUT2D eigenvalue weighted by atomic mass is 9.98. The van der Waals surface area contributed by atoms with Crippen molar-refractivity contribution < 1.29 is 14.3 Å². The standard InChI is InChI=1S/C23H30N2O3S2/c1-16-12-19-22(26)25(10-11-29-23(19)30-16)8-5-4-7-24-9-6-17-13-20(27-2)21(28-3)14-18(17)15-24/h12-14H,4-11,15H2,1-3H3. The topological polar surface area (TPSA) is 42.0 Å². The lowest BCUT2D eigenvalue weighted by Crippen LogP contribution is -2.34. The quantitative estimate of drug-likeness (QED) is 0.588. The van der Waals surface area contributed by atoms with Gasteiger partial charge in [-0.15, -0.1) is 23.1 Å². The van der Waals surface area contributed by atoms with E-state index in [4.69, 9.17) is 9.47 Å². The number of thioether (sulfide) groups is 1. The van der Waals surface area contributed by atoms with Gasteiger partial charge in [-0.2, -0.15) is 0 Å². The van der Waals surface area contributed by atoms with Gasteiger partial charge in [0.2, 0.25) is 0 Å². The summed E-state index contributed by atoms with van der Waals surface area (Å²) < 4.78 is 12.1. The van der Waals surface area contributed by atoms with Crippen LogP contribution in [0.5, 0.6) is 11.5 Å². The summed E-state index contributed by atoms with van der Waals surface area (Å²) in [5.74, 6) is 2.83. The SMILES string of the molecule is COc1cc2c(cc1OC)CN(CCCCN1CCSc3sc(C)cc3C1=O)CC2. The van der Waals surface area contributed by atoms with Crippen molar-refractivity contribution in [1.29, 1.82) is 0 Å². The number of hydrogen-bond donors (Lipinski definition) is 0. The largest absolute Gasteiger partial charge is 0.493 e. The van der Waals surface area contributed by atoms with E-state index in [1.165, 1.54) is 20.2 Å². The van der Waals surface area contributed by atoms with Crippen LogP contribution in [-0.2, 0) is 13.0 Å². The molecule has 0 N–H and O–H groups in total. The number of amides is 1. The number of ether oxygens (including phenoxy) is 2. The molecule has 0 bridgehead atoms. The summed E-state index contributed by atoms with van der Waals surface area (Å²) in [4.78, 5) is 18.7. The predicted molar refractivity (Wildman–Crippen MR) is 123 cm³/mol. The van der Waals surface area contributed by atoms with E-state index in [9.17, 15) is 4.79 Å². The third-order valence-electron chi connectivity index (χ3n) is 5.88. The highest BCUT2D eigenvalue weighted by molar-refractivity contribution is 8.01. The van der Waals surface area contributed by atoms with Crippen molar-refractivity contribution in [1.82, 2.24) is 9.80 Å². The molecule has 2 aliphatic heterocycles. The van der Waals surface area contributed by atoms with Crippen LogP contribution in [0.25, 0.3) is 0 Å². The first kappa shape index (κ1) is 21.5. The van der Waals surface area contributed by atoms with Gasteiger partial charge >= 0.3 is 0 Å². The normalized spacial score (nSPS) is 16.8. The minimum absolute atomic E-state index is 0.215. The zero-order valence-corrected chi connectivity index (χ0v) is 19.7. The zero-order valence-electron chi connectivity index (χ0n) is 18.0. The number of hydrogen-bond acceptors (Lipinski definition) is 6. The average Bonchev–Trinajstić information content (AvgIpc) is 3.07. The molecule has 4 rings (SSSR count). The Morgan fingerprint density at radius 2 is 1.73 bits per heavy atom. The molecule has 0 unspecified atom stereocenters. The van der Waals surface area contributed by atoms with Gasteiger partial charge in [0.15, 0.2) is 11.5 Å². The Morgan fingerprint density at radius 1 is 1.00 bits per heavy atom. The zero-order chi connectivity index (χ0) is 21.1. The molecule has 0 fully saturated rings. The Labute approximate surface area is 187 Å². The molecule has 0 atom stereocenters. The van der Waals surface area contributed by atoms with E-state index in [0.717, 1.165) is 74.8 Å². The van der Waals surface area contributed by atoms with Gasteiger partial charge in [-0.05, 0) is 62.1 Å². The van der Waals surface area contributed by atoms with Crippen LogP contribution in [0.2, 0.25) is 0 Å². The molecule has 2 aromatic rings. The van der Waals surface area contributed by atoms with E-state index >= 15 is 0 Å². The fourth-order valence-corrected chi connectivity index (χ4v) is 6.66. The second-order valence-electron chi connectivity index (χ2n) is 7.91. The first-order chi connectivity index (χ1) is 14.6. The lowest BCUT2D eigenvalue weighted by Gasteiger charge is -2.30. The van der Waals surface area contributed by atoms with Crippen molar-refractivity contribution in [2.45, 2.75) is 36.9 Å². The number of carbonyl (C=O) groups excluding carboxylic acids is 1. The van der Waals surface area contributed by atoms with Crippen molar-refractivity contribution >= 4 is 29.0 Å². The smallest absolute Gasteiger partial charge is 0.255 e. The molecule has 5 nitrogen and oxygen atoms in total. The maximum atomic E-state index is 12.9. The molecule has 1 aromatic heterocycles. The number of carbonyl (C=O) groups is 1. The number of fused-ring (bicyclic) bond motifs is 2. The van der Waals surface area contributed by atoms with E-state index in [0.29, 0.717) is 0 Å². The Morgan fingerprint density at radius 3 is 2.50 bits per heavy atom. The number of thiophene rings is 1. The Bertz CT molecular complexity index is 912. The minimum atomic E-state index is 0.215. The van der Waals surface area contributed by atoms with Crippen LogP contribution in [0, 0.1) is 6.92 Å². The van der Waals surface area contributed by atoms with Gasteiger partial charge < -0.3 is 14.4 Å². The molecule has 0 spiro atoms. The second kappa shape index (κ2) is 9.62. The molecule has 162 valence electrons. The van der Waals surface area contributed by atoms with Gasteiger partial charge in [0, 0.05) is 36.8 Å². The number of rotatable bonds is 7. The summed E-state index contributed by atoms with van der Waals surface area (Å²) >= 11 is 3.58. The van der Waals surface area contributed by atoms with E-state index in [-0.39, 0.29) is 5.91 Å². The number of benzene rings is 1. The van der Waals surface area contributed by atoms with Crippen LogP contribution in [-0.4, -0.2) is 61.9 Å². The van der Waals surface area contributed by atoms with Gasteiger partial charge in [-0.1, -0.05) is 0 Å². The fraction of sp³-hybridized carbons (Fsp3) is 0.522. The van der Waals surface area contributed by atoms with Crippen LogP contribution < -0.4 is 9.47 Å². The molecule has 7 heteroatoms. The minimum Gasteiger partial charge on any atom is -0.493 e. The number of methoxy groups -OCH3 is 2. The second-order valence-corrected chi connectivity index (χ2v) is 10.5. The van der Waals surface area contributed by atoms with Crippen LogP contribution in [0.3, 0.4) is 0 Å². The maximum absolute atomic E-state index is 12.9. The van der Waals surface area contributed by atoms with Crippen LogP contribution in [0.15, 0.2) is 22.4 Å². The Kier molecular flexibility index (Phi) is 6.91. The summed E-state index contributed by atoms with van der Waals surface area (Å²) in [7, 11) is 3.38.